The minimum absolute atomic E-state index is 0.0597. The molecule has 0 bridgehead atoms. The number of carbonyl (C=O) groups is 5. The molecule has 38 heavy (non-hydrogen) atoms. The number of anilines is 1. The van der Waals surface area contributed by atoms with Crippen molar-refractivity contribution < 1.29 is 42.9 Å². The number of benzene rings is 2. The Kier molecular flexibility index (Phi) is 6.41. The average molecular weight is 521 g/mol. The monoisotopic (exact) mass is 521 g/mol. The molecule has 1 fully saturated rings. The van der Waals surface area contributed by atoms with Crippen LogP contribution in [0.5, 0.6) is 0 Å². The van der Waals surface area contributed by atoms with Gasteiger partial charge in [-0.15, -0.1) is 0 Å². The summed E-state index contributed by atoms with van der Waals surface area (Å²) >= 11 is 0. The van der Waals surface area contributed by atoms with Crippen molar-refractivity contribution in [1.82, 2.24) is 9.78 Å². The van der Waals surface area contributed by atoms with Gasteiger partial charge in [0.15, 0.2) is 24.3 Å². The molecule has 196 valence electrons. The summed E-state index contributed by atoms with van der Waals surface area (Å²) in [6, 6.07) is 13.3. The van der Waals surface area contributed by atoms with Crippen molar-refractivity contribution >= 4 is 46.4 Å². The zero-order chi connectivity index (χ0) is 27.1. The van der Waals surface area contributed by atoms with Crippen molar-refractivity contribution in [3.63, 3.8) is 0 Å². The molecule has 0 saturated carbocycles. The number of carbonyl (C=O) groups excluding carboxylic acids is 5. The Balaban J connectivity index is 1.61. The third kappa shape index (κ3) is 4.28. The second-order valence-corrected chi connectivity index (χ2v) is 8.79. The number of hydrogen-bond donors (Lipinski definition) is 0. The fraction of sp³-hybridized carbons (Fsp3) is 0.308. The van der Waals surface area contributed by atoms with Crippen LogP contribution in [-0.2, 0) is 33.3 Å². The number of ether oxygens (including phenoxy) is 4. The van der Waals surface area contributed by atoms with Crippen LogP contribution in [0, 0.1) is 0 Å². The second kappa shape index (κ2) is 9.71. The summed E-state index contributed by atoms with van der Waals surface area (Å²) in [5.74, 6) is -2.93. The lowest BCUT2D eigenvalue weighted by molar-refractivity contribution is -0.166. The van der Waals surface area contributed by atoms with E-state index < -0.39 is 54.3 Å². The standard InChI is InChI=1S/C26H23N3O9/c1-13(30)35-12-20-21(36-14(2)31)22(37-15(3)32)26(38-20)29-19-11-7-6-10-18(19)23(27-29)28-24(33)16-8-4-5-9-17(16)25(28)34/h4-11,20-22,26H,12H2,1-3H3/t20-,21-,22-,26+/m0/s1. The van der Waals surface area contributed by atoms with E-state index in [0.29, 0.717) is 10.9 Å². The van der Waals surface area contributed by atoms with Gasteiger partial charge < -0.3 is 18.9 Å². The topological polar surface area (TPSA) is 143 Å². The first-order chi connectivity index (χ1) is 18.2. The van der Waals surface area contributed by atoms with Gasteiger partial charge in [-0.05, 0) is 24.3 Å². The predicted molar refractivity (Wildman–Crippen MR) is 129 cm³/mol. The van der Waals surface area contributed by atoms with Crippen LogP contribution in [-0.4, -0.2) is 64.4 Å². The fourth-order valence-corrected chi connectivity index (χ4v) is 4.70. The first-order valence-electron chi connectivity index (χ1n) is 11.8. The fourth-order valence-electron chi connectivity index (χ4n) is 4.70. The highest BCUT2D eigenvalue weighted by molar-refractivity contribution is 6.35. The number of para-hydroxylation sites is 1. The summed E-state index contributed by atoms with van der Waals surface area (Å²) in [5.41, 5.74) is 0.959. The number of hydrogen-bond acceptors (Lipinski definition) is 10. The molecule has 0 aliphatic carbocycles. The van der Waals surface area contributed by atoms with Gasteiger partial charge in [0.1, 0.15) is 12.7 Å². The van der Waals surface area contributed by atoms with Gasteiger partial charge >= 0.3 is 17.9 Å². The number of amides is 2. The van der Waals surface area contributed by atoms with Crippen molar-refractivity contribution in [3.8, 4) is 0 Å². The number of imide groups is 1. The zero-order valence-corrected chi connectivity index (χ0v) is 20.7. The summed E-state index contributed by atoms with van der Waals surface area (Å²) in [4.78, 5) is 62.8. The number of esters is 3. The van der Waals surface area contributed by atoms with E-state index in [9.17, 15) is 24.0 Å². The smallest absolute Gasteiger partial charge is 0.303 e. The second-order valence-electron chi connectivity index (χ2n) is 8.79. The predicted octanol–water partition coefficient (Wildman–Crippen LogP) is 2.16. The maximum Gasteiger partial charge on any atom is 0.303 e. The first kappa shape index (κ1) is 25.1. The molecule has 0 N–H and O–H groups in total. The Hall–Kier alpha value is -4.58. The van der Waals surface area contributed by atoms with Crippen molar-refractivity contribution in [1.29, 1.82) is 0 Å². The normalized spacial score (nSPS) is 22.4. The van der Waals surface area contributed by atoms with Crippen LogP contribution in [0.15, 0.2) is 48.5 Å². The summed E-state index contributed by atoms with van der Waals surface area (Å²) in [6.45, 7) is 3.30. The van der Waals surface area contributed by atoms with Crippen LogP contribution < -0.4 is 4.90 Å². The highest BCUT2D eigenvalue weighted by Gasteiger charge is 2.52. The van der Waals surface area contributed by atoms with E-state index in [0.717, 1.165) is 4.90 Å². The SMILES string of the molecule is CC(=O)OC[C@@H]1O[C@@H](n2nc(N3C(=O)c4ccccc4C3=O)c3ccccc32)[C@@H](OC(C)=O)[C@H]1OC(C)=O. The Morgan fingerprint density at radius 3 is 2.03 bits per heavy atom. The highest BCUT2D eigenvalue weighted by Crippen LogP contribution is 2.39. The molecule has 1 saturated heterocycles. The quantitative estimate of drug-likeness (QED) is 0.269. The largest absolute Gasteiger partial charge is 0.463 e. The number of rotatable bonds is 6. The molecule has 0 radical (unpaired) electrons. The van der Waals surface area contributed by atoms with Gasteiger partial charge in [-0.1, -0.05) is 24.3 Å². The van der Waals surface area contributed by atoms with Crippen LogP contribution in [0.3, 0.4) is 0 Å². The van der Waals surface area contributed by atoms with Crippen molar-refractivity contribution in [3.05, 3.63) is 59.7 Å². The van der Waals surface area contributed by atoms with E-state index in [1.54, 1.807) is 48.5 Å². The van der Waals surface area contributed by atoms with Crippen molar-refractivity contribution in [2.24, 2.45) is 0 Å². The van der Waals surface area contributed by atoms with Gasteiger partial charge in [0.05, 0.1) is 16.6 Å². The van der Waals surface area contributed by atoms with Crippen LogP contribution in [0.25, 0.3) is 10.9 Å². The van der Waals surface area contributed by atoms with Crippen molar-refractivity contribution in [2.75, 3.05) is 11.5 Å². The van der Waals surface area contributed by atoms with E-state index in [4.69, 9.17) is 18.9 Å². The molecular weight excluding hydrogens is 498 g/mol. The Morgan fingerprint density at radius 2 is 1.42 bits per heavy atom. The van der Waals surface area contributed by atoms with E-state index in [-0.39, 0.29) is 23.6 Å². The Labute approximate surface area is 216 Å². The lowest BCUT2D eigenvalue weighted by atomic mass is 10.1. The summed E-state index contributed by atoms with van der Waals surface area (Å²) in [7, 11) is 0. The van der Waals surface area contributed by atoms with Gasteiger partial charge in [-0.2, -0.15) is 5.10 Å². The molecule has 12 heteroatoms. The summed E-state index contributed by atoms with van der Waals surface area (Å²) in [5, 5.41) is 5.03. The molecule has 2 aliphatic heterocycles. The molecule has 12 nitrogen and oxygen atoms in total. The molecule has 2 aromatic carbocycles. The number of nitrogens with zero attached hydrogens (tertiary/aromatic N) is 3. The zero-order valence-electron chi connectivity index (χ0n) is 20.7. The minimum Gasteiger partial charge on any atom is -0.463 e. The van der Waals surface area contributed by atoms with Gasteiger partial charge in [-0.3, -0.25) is 24.0 Å². The molecular formula is C26H23N3O9. The van der Waals surface area contributed by atoms with Crippen molar-refractivity contribution in [2.45, 2.75) is 45.3 Å². The summed E-state index contributed by atoms with van der Waals surface area (Å²) in [6.07, 6.45) is -4.47. The molecule has 0 spiro atoms. The highest BCUT2D eigenvalue weighted by atomic mass is 16.7. The van der Waals surface area contributed by atoms with E-state index in [2.05, 4.69) is 5.10 Å². The molecule has 5 rings (SSSR count). The van der Waals surface area contributed by atoms with Gasteiger partial charge in [-0.25, -0.2) is 9.58 Å². The van der Waals surface area contributed by atoms with Gasteiger partial charge in [0, 0.05) is 26.2 Å². The number of aromatic nitrogens is 2. The maximum atomic E-state index is 13.2. The molecule has 2 aliphatic rings. The Bertz CT molecular complexity index is 1440. The maximum absolute atomic E-state index is 13.2. The molecule has 4 atom stereocenters. The van der Waals surface area contributed by atoms with E-state index >= 15 is 0 Å². The van der Waals surface area contributed by atoms with E-state index in [1.165, 1.54) is 25.5 Å². The molecule has 3 aromatic rings. The molecule has 1 aromatic heterocycles. The van der Waals surface area contributed by atoms with Crippen LogP contribution in [0.4, 0.5) is 5.82 Å². The van der Waals surface area contributed by atoms with E-state index in [1.807, 2.05) is 0 Å². The molecule has 0 unspecified atom stereocenters. The average Bonchev–Trinajstić information content (AvgIpc) is 3.48. The number of fused-ring (bicyclic) bond motifs is 2. The lowest BCUT2D eigenvalue weighted by Gasteiger charge is -2.23. The summed E-state index contributed by atoms with van der Waals surface area (Å²) < 4.78 is 23.5. The van der Waals surface area contributed by atoms with Crippen LogP contribution in [0.2, 0.25) is 0 Å². The minimum atomic E-state index is -1.18. The van der Waals surface area contributed by atoms with Gasteiger partial charge in [0.2, 0.25) is 0 Å². The lowest BCUT2D eigenvalue weighted by Crippen LogP contribution is -2.40. The van der Waals surface area contributed by atoms with Crippen LogP contribution >= 0.6 is 0 Å². The third-order valence-electron chi connectivity index (χ3n) is 6.18. The molecule has 2 amide bonds. The van der Waals surface area contributed by atoms with Gasteiger partial charge in [0.25, 0.3) is 11.8 Å². The van der Waals surface area contributed by atoms with Crippen LogP contribution in [0.1, 0.15) is 47.7 Å². The molecule has 3 heterocycles. The Morgan fingerprint density at radius 1 is 0.842 bits per heavy atom. The first-order valence-corrected chi connectivity index (χ1v) is 11.8. The third-order valence-corrected chi connectivity index (χ3v) is 6.18.